The van der Waals surface area contributed by atoms with E-state index in [9.17, 15) is 9.59 Å². The number of piperidine rings is 1. The summed E-state index contributed by atoms with van der Waals surface area (Å²) in [6.45, 7) is 0.174. The van der Waals surface area contributed by atoms with Crippen molar-refractivity contribution in [2.24, 2.45) is 5.41 Å². The van der Waals surface area contributed by atoms with Gasteiger partial charge in [0.2, 0.25) is 11.8 Å². The Kier molecular flexibility index (Phi) is 2.87. The summed E-state index contributed by atoms with van der Waals surface area (Å²) in [4.78, 5) is 22.5. The van der Waals surface area contributed by atoms with E-state index >= 15 is 0 Å². The number of hydrogen-bond acceptors (Lipinski definition) is 3. The predicted octanol–water partition coefficient (Wildman–Crippen LogP) is -1.38. The molecule has 0 aliphatic carbocycles. The smallest absolute Gasteiger partial charge is 0.228 e. The van der Waals surface area contributed by atoms with Gasteiger partial charge in [-0.15, -0.1) is 0 Å². The van der Waals surface area contributed by atoms with Crippen LogP contribution < -0.4 is 10.6 Å². The first-order valence-corrected chi connectivity index (χ1v) is 4.24. The van der Waals surface area contributed by atoms with Crippen LogP contribution in [0.5, 0.6) is 0 Å². The molecular weight excluding hydrogens is 172 g/mol. The molecule has 3 N–H and O–H groups in total. The molecule has 0 aromatic carbocycles. The van der Waals surface area contributed by atoms with E-state index in [2.05, 4.69) is 10.6 Å². The topological polar surface area (TPSA) is 78.4 Å². The zero-order chi connectivity index (χ0) is 9.90. The highest BCUT2D eigenvalue weighted by Gasteiger charge is 2.41. The van der Waals surface area contributed by atoms with Gasteiger partial charge in [0.05, 0.1) is 12.0 Å². The molecule has 0 radical (unpaired) electrons. The molecule has 1 aliphatic rings. The molecule has 1 aliphatic heterocycles. The van der Waals surface area contributed by atoms with E-state index in [1.807, 2.05) is 0 Å². The number of carbonyl (C=O) groups excluding carboxylic acids is 2. The highest BCUT2D eigenvalue weighted by Crippen LogP contribution is 2.28. The van der Waals surface area contributed by atoms with E-state index in [1.54, 1.807) is 0 Å². The van der Waals surface area contributed by atoms with E-state index in [4.69, 9.17) is 5.11 Å². The fourth-order valence-corrected chi connectivity index (χ4v) is 1.57. The average Bonchev–Trinajstić information content (AvgIpc) is 2.16. The van der Waals surface area contributed by atoms with Gasteiger partial charge in [-0.1, -0.05) is 0 Å². The third kappa shape index (κ3) is 1.80. The Morgan fingerprint density at radius 3 is 2.92 bits per heavy atom. The van der Waals surface area contributed by atoms with E-state index in [-0.39, 0.29) is 24.8 Å². The summed E-state index contributed by atoms with van der Waals surface area (Å²) < 4.78 is 0. The lowest BCUT2D eigenvalue weighted by Crippen LogP contribution is -2.51. The van der Waals surface area contributed by atoms with Crippen molar-refractivity contribution >= 4 is 11.8 Å². The first-order chi connectivity index (χ1) is 6.14. The van der Waals surface area contributed by atoms with Gasteiger partial charge in [0.1, 0.15) is 0 Å². The maximum atomic E-state index is 11.4. The monoisotopic (exact) mass is 186 g/mol. The number of amides is 2. The normalized spacial score (nSPS) is 28.0. The quantitative estimate of drug-likeness (QED) is 0.497. The van der Waals surface area contributed by atoms with Crippen molar-refractivity contribution < 1.29 is 14.7 Å². The Morgan fingerprint density at radius 1 is 1.77 bits per heavy atom. The lowest BCUT2D eigenvalue weighted by Gasteiger charge is -2.32. The van der Waals surface area contributed by atoms with E-state index in [0.29, 0.717) is 13.0 Å². The molecule has 1 fully saturated rings. The summed E-state index contributed by atoms with van der Waals surface area (Å²) in [6.07, 6.45) is 0.568. The Hall–Kier alpha value is -1.10. The highest BCUT2D eigenvalue weighted by atomic mass is 16.3. The Balaban J connectivity index is 2.78. The molecule has 5 heteroatoms. The van der Waals surface area contributed by atoms with Crippen LogP contribution in [0, 0.1) is 5.41 Å². The zero-order valence-electron chi connectivity index (χ0n) is 7.59. The highest BCUT2D eigenvalue weighted by molar-refractivity contribution is 5.90. The van der Waals surface area contributed by atoms with Crippen LogP contribution in [0.25, 0.3) is 0 Å². The van der Waals surface area contributed by atoms with Crippen LogP contribution in [0.1, 0.15) is 12.8 Å². The van der Waals surface area contributed by atoms with E-state index in [1.165, 1.54) is 7.05 Å². The number of aliphatic hydroxyl groups is 1. The molecule has 74 valence electrons. The summed E-state index contributed by atoms with van der Waals surface area (Å²) in [5.74, 6) is -0.436. The number of carbonyl (C=O) groups is 2. The largest absolute Gasteiger partial charge is 0.395 e. The summed E-state index contributed by atoms with van der Waals surface area (Å²) >= 11 is 0. The average molecular weight is 186 g/mol. The minimum Gasteiger partial charge on any atom is -0.395 e. The molecule has 0 aromatic rings. The third-order valence-electron chi connectivity index (χ3n) is 2.44. The van der Waals surface area contributed by atoms with Crippen molar-refractivity contribution in [2.45, 2.75) is 12.8 Å². The standard InChI is InChI=1S/C8H14N2O3/c1-9-7(13)8(5-11)2-3-10-6(12)4-8/h11H,2-5H2,1H3,(H,9,13)(H,10,12). The summed E-state index contributed by atoms with van der Waals surface area (Å²) in [7, 11) is 1.51. The SMILES string of the molecule is CNC(=O)C1(CO)CCNC(=O)C1. The van der Waals surface area contributed by atoms with Crippen molar-refractivity contribution in [1.82, 2.24) is 10.6 Å². The van der Waals surface area contributed by atoms with Gasteiger partial charge in [0.25, 0.3) is 0 Å². The Bertz CT molecular complexity index is 229. The zero-order valence-corrected chi connectivity index (χ0v) is 7.59. The predicted molar refractivity (Wildman–Crippen MR) is 45.8 cm³/mol. The number of rotatable bonds is 2. The van der Waals surface area contributed by atoms with Gasteiger partial charge in [0, 0.05) is 20.0 Å². The van der Waals surface area contributed by atoms with Crippen molar-refractivity contribution in [1.29, 1.82) is 0 Å². The van der Waals surface area contributed by atoms with Gasteiger partial charge in [-0.05, 0) is 6.42 Å². The van der Waals surface area contributed by atoms with E-state index < -0.39 is 5.41 Å². The van der Waals surface area contributed by atoms with Crippen molar-refractivity contribution in [3.05, 3.63) is 0 Å². The second kappa shape index (κ2) is 3.74. The van der Waals surface area contributed by atoms with Gasteiger partial charge in [-0.3, -0.25) is 9.59 Å². The number of nitrogens with one attached hydrogen (secondary N) is 2. The van der Waals surface area contributed by atoms with Gasteiger partial charge >= 0.3 is 0 Å². The summed E-state index contributed by atoms with van der Waals surface area (Å²) in [6, 6.07) is 0. The van der Waals surface area contributed by atoms with Gasteiger partial charge in [-0.2, -0.15) is 0 Å². The summed E-state index contributed by atoms with van der Waals surface area (Å²) in [5.41, 5.74) is -0.906. The van der Waals surface area contributed by atoms with Crippen LogP contribution in [0.3, 0.4) is 0 Å². The van der Waals surface area contributed by atoms with Crippen LogP contribution in [0.4, 0.5) is 0 Å². The molecule has 1 heterocycles. The molecule has 0 spiro atoms. The second-order valence-electron chi connectivity index (χ2n) is 3.29. The van der Waals surface area contributed by atoms with Gasteiger partial charge in [0.15, 0.2) is 0 Å². The maximum absolute atomic E-state index is 11.4. The lowest BCUT2D eigenvalue weighted by molar-refractivity contribution is -0.141. The first-order valence-electron chi connectivity index (χ1n) is 4.24. The van der Waals surface area contributed by atoms with Crippen LogP contribution >= 0.6 is 0 Å². The first kappa shape index (κ1) is 9.98. The molecular formula is C8H14N2O3. The number of aliphatic hydroxyl groups excluding tert-OH is 1. The molecule has 0 saturated carbocycles. The van der Waals surface area contributed by atoms with Crippen molar-refractivity contribution in [3.63, 3.8) is 0 Å². The molecule has 1 rings (SSSR count). The van der Waals surface area contributed by atoms with Crippen LogP contribution in [0.15, 0.2) is 0 Å². The molecule has 0 bridgehead atoms. The maximum Gasteiger partial charge on any atom is 0.228 e. The van der Waals surface area contributed by atoms with E-state index in [0.717, 1.165) is 0 Å². The molecule has 1 saturated heterocycles. The fourth-order valence-electron chi connectivity index (χ4n) is 1.57. The Morgan fingerprint density at radius 2 is 2.46 bits per heavy atom. The molecule has 2 amide bonds. The van der Waals surface area contributed by atoms with Crippen LogP contribution in [0.2, 0.25) is 0 Å². The minimum atomic E-state index is -0.906. The molecule has 1 atom stereocenters. The second-order valence-corrected chi connectivity index (χ2v) is 3.29. The number of hydrogen-bond donors (Lipinski definition) is 3. The third-order valence-corrected chi connectivity index (χ3v) is 2.44. The van der Waals surface area contributed by atoms with Crippen molar-refractivity contribution in [2.75, 3.05) is 20.2 Å². The van der Waals surface area contributed by atoms with Crippen LogP contribution in [-0.2, 0) is 9.59 Å². The fraction of sp³-hybridized carbons (Fsp3) is 0.750. The Labute approximate surface area is 76.5 Å². The lowest BCUT2D eigenvalue weighted by atomic mass is 9.78. The molecule has 13 heavy (non-hydrogen) atoms. The molecule has 1 unspecified atom stereocenters. The molecule has 0 aromatic heterocycles. The van der Waals surface area contributed by atoms with Gasteiger partial charge in [-0.25, -0.2) is 0 Å². The minimum absolute atomic E-state index is 0.0726. The van der Waals surface area contributed by atoms with Crippen molar-refractivity contribution in [3.8, 4) is 0 Å². The summed E-state index contributed by atoms with van der Waals surface area (Å²) in [5, 5.41) is 14.2. The van der Waals surface area contributed by atoms with Crippen LogP contribution in [-0.4, -0.2) is 37.1 Å². The molecule has 5 nitrogen and oxygen atoms in total. The van der Waals surface area contributed by atoms with Gasteiger partial charge < -0.3 is 15.7 Å².